The molecule has 4 nitrogen and oxygen atoms in total. The third-order valence-electron chi connectivity index (χ3n) is 6.10. The van der Waals surface area contributed by atoms with Crippen molar-refractivity contribution in [3.8, 4) is 28.4 Å². The second-order valence-corrected chi connectivity index (χ2v) is 9.98. The van der Waals surface area contributed by atoms with Gasteiger partial charge in [0.05, 0.1) is 0 Å². The molecule has 0 aliphatic rings. The third-order valence-corrected chi connectivity index (χ3v) is 7.36. The number of rotatable bonds is 7. The van der Waals surface area contributed by atoms with Gasteiger partial charge in [-0.15, -0.1) is 0 Å². The van der Waals surface area contributed by atoms with Crippen LogP contribution in [-0.4, -0.2) is 0 Å². The molecule has 0 aromatic heterocycles. The molecule has 0 bridgehead atoms. The van der Waals surface area contributed by atoms with E-state index >= 15 is 0 Å². The molecule has 0 fully saturated rings. The second-order valence-electron chi connectivity index (χ2n) is 8.54. The number of hydrogen-bond acceptors (Lipinski definition) is 4. The predicted octanol–water partition coefficient (Wildman–Crippen LogP) is 9.30. The topological polar surface area (TPSA) is 44.8 Å². The standard InChI is InChI=1S/C32H23O4P/c33-37(35-31-22-10-16-25-14-4-6-18-28(25)31,36-32-23-11-17-26-15-5-7-19-29(26)32)34-30-21-9-8-20-27(30)24-12-2-1-3-13-24/h1-23H. The van der Waals surface area contributed by atoms with Crippen LogP contribution in [0.3, 0.4) is 0 Å². The molecule has 6 aromatic rings. The third kappa shape index (κ3) is 4.80. The average molecular weight is 503 g/mol. The highest BCUT2D eigenvalue weighted by atomic mass is 31.2. The van der Waals surface area contributed by atoms with Gasteiger partial charge >= 0.3 is 7.82 Å². The SMILES string of the molecule is O=P(Oc1ccccc1-c1ccccc1)(Oc1cccc2ccccc12)Oc1cccc2ccccc12. The van der Waals surface area contributed by atoms with E-state index in [4.69, 9.17) is 13.6 Å². The van der Waals surface area contributed by atoms with E-state index in [9.17, 15) is 4.57 Å². The molecule has 37 heavy (non-hydrogen) atoms. The van der Waals surface area contributed by atoms with Crippen LogP contribution in [0.5, 0.6) is 17.2 Å². The lowest BCUT2D eigenvalue weighted by molar-refractivity contribution is 0.301. The summed E-state index contributed by atoms with van der Waals surface area (Å²) in [7, 11) is -4.24. The van der Waals surface area contributed by atoms with Gasteiger partial charge in [-0.2, -0.15) is 4.57 Å². The van der Waals surface area contributed by atoms with E-state index in [-0.39, 0.29) is 0 Å². The Labute approximate surface area is 215 Å². The molecule has 0 atom stereocenters. The fraction of sp³-hybridized carbons (Fsp3) is 0. The van der Waals surface area contributed by atoms with Gasteiger partial charge in [0.1, 0.15) is 17.2 Å². The summed E-state index contributed by atoms with van der Waals surface area (Å²) in [5.41, 5.74) is 1.71. The molecule has 6 rings (SSSR count). The molecule has 0 heterocycles. The van der Waals surface area contributed by atoms with Gasteiger partial charge in [0.2, 0.25) is 0 Å². The van der Waals surface area contributed by atoms with Crippen molar-refractivity contribution in [1.29, 1.82) is 0 Å². The first-order chi connectivity index (χ1) is 18.2. The van der Waals surface area contributed by atoms with E-state index in [1.54, 1.807) is 18.2 Å². The Balaban J connectivity index is 1.46. The minimum atomic E-state index is -4.24. The fourth-order valence-electron chi connectivity index (χ4n) is 4.37. The van der Waals surface area contributed by atoms with Crippen molar-refractivity contribution in [3.05, 3.63) is 140 Å². The number of hydrogen-bond donors (Lipinski definition) is 0. The molecule has 0 unspecified atom stereocenters. The summed E-state index contributed by atoms with van der Waals surface area (Å²) in [5.74, 6) is 1.23. The van der Waals surface area contributed by atoms with Crippen molar-refractivity contribution in [1.82, 2.24) is 0 Å². The summed E-state index contributed by atoms with van der Waals surface area (Å²) in [6.07, 6.45) is 0. The monoisotopic (exact) mass is 502 g/mol. The van der Waals surface area contributed by atoms with Gasteiger partial charge in [-0.1, -0.05) is 121 Å². The van der Waals surface area contributed by atoms with Crippen LogP contribution in [0.15, 0.2) is 140 Å². The molecule has 0 saturated heterocycles. The predicted molar refractivity (Wildman–Crippen MR) is 149 cm³/mol. The summed E-state index contributed by atoms with van der Waals surface area (Å²) >= 11 is 0. The first-order valence-electron chi connectivity index (χ1n) is 12.0. The highest BCUT2D eigenvalue weighted by molar-refractivity contribution is 7.49. The zero-order chi connectivity index (χ0) is 25.1. The second kappa shape index (κ2) is 9.85. The molecule has 6 aromatic carbocycles. The molecule has 0 saturated carbocycles. The zero-order valence-electron chi connectivity index (χ0n) is 19.9. The molecular weight excluding hydrogens is 479 g/mol. The van der Waals surface area contributed by atoms with Crippen molar-refractivity contribution < 1.29 is 18.1 Å². The van der Waals surface area contributed by atoms with Crippen LogP contribution in [0.1, 0.15) is 0 Å². The van der Waals surface area contributed by atoms with Crippen LogP contribution >= 0.6 is 7.82 Å². The number of fused-ring (bicyclic) bond motifs is 2. The maximum absolute atomic E-state index is 14.5. The van der Waals surface area contributed by atoms with E-state index in [1.807, 2.05) is 121 Å². The molecular formula is C32H23O4P. The van der Waals surface area contributed by atoms with Crippen LogP contribution in [0.25, 0.3) is 32.7 Å². The first kappa shape index (κ1) is 22.9. The molecule has 0 radical (unpaired) electrons. The summed E-state index contributed by atoms with van der Waals surface area (Å²) in [5, 5.41) is 3.54. The summed E-state index contributed by atoms with van der Waals surface area (Å²) < 4.78 is 33.1. The normalized spacial score (nSPS) is 11.4. The highest BCUT2D eigenvalue weighted by Gasteiger charge is 2.35. The lowest BCUT2D eigenvalue weighted by Gasteiger charge is -2.22. The lowest BCUT2D eigenvalue weighted by Crippen LogP contribution is -2.08. The molecule has 0 N–H and O–H groups in total. The van der Waals surface area contributed by atoms with E-state index in [0.717, 1.165) is 32.7 Å². The van der Waals surface area contributed by atoms with Crippen LogP contribution in [0.2, 0.25) is 0 Å². The van der Waals surface area contributed by atoms with E-state index in [1.165, 1.54) is 0 Å². The van der Waals surface area contributed by atoms with Crippen molar-refractivity contribution >= 4 is 29.4 Å². The van der Waals surface area contributed by atoms with E-state index in [2.05, 4.69) is 0 Å². The Kier molecular flexibility index (Phi) is 6.10. The Hall–Kier alpha value is -4.53. The number of phosphoric ester groups is 1. The number of phosphoric acid groups is 1. The Morgan fingerprint density at radius 3 is 1.46 bits per heavy atom. The van der Waals surface area contributed by atoms with Gasteiger partial charge in [0, 0.05) is 16.3 Å². The van der Waals surface area contributed by atoms with Crippen LogP contribution in [-0.2, 0) is 4.57 Å². The molecule has 0 amide bonds. The fourth-order valence-corrected chi connectivity index (χ4v) is 5.68. The molecule has 180 valence electrons. The quantitative estimate of drug-likeness (QED) is 0.204. The van der Waals surface area contributed by atoms with E-state index in [0.29, 0.717) is 17.2 Å². The van der Waals surface area contributed by atoms with Crippen molar-refractivity contribution in [2.45, 2.75) is 0 Å². The van der Waals surface area contributed by atoms with Crippen molar-refractivity contribution in [3.63, 3.8) is 0 Å². The summed E-state index contributed by atoms with van der Waals surface area (Å²) in [4.78, 5) is 0. The van der Waals surface area contributed by atoms with Crippen LogP contribution in [0, 0.1) is 0 Å². The molecule has 0 aliphatic carbocycles. The number of benzene rings is 6. The van der Waals surface area contributed by atoms with Gasteiger partial charge in [-0.3, -0.25) is 0 Å². The first-order valence-corrected chi connectivity index (χ1v) is 13.4. The maximum atomic E-state index is 14.5. The average Bonchev–Trinajstić information content (AvgIpc) is 2.94. The Morgan fingerprint density at radius 1 is 0.405 bits per heavy atom. The zero-order valence-corrected chi connectivity index (χ0v) is 20.8. The van der Waals surface area contributed by atoms with Crippen molar-refractivity contribution in [2.24, 2.45) is 0 Å². The van der Waals surface area contributed by atoms with Gasteiger partial charge in [0.25, 0.3) is 0 Å². The van der Waals surface area contributed by atoms with Crippen molar-refractivity contribution in [2.75, 3.05) is 0 Å². The molecule has 5 heteroatoms. The largest absolute Gasteiger partial charge is 0.647 e. The van der Waals surface area contributed by atoms with Gasteiger partial charge in [0.15, 0.2) is 0 Å². The molecule has 0 aliphatic heterocycles. The Morgan fingerprint density at radius 2 is 0.838 bits per heavy atom. The van der Waals surface area contributed by atoms with E-state index < -0.39 is 7.82 Å². The number of para-hydroxylation sites is 1. The minimum absolute atomic E-state index is 0.400. The smallest absolute Gasteiger partial charge is 0.385 e. The van der Waals surface area contributed by atoms with Crippen LogP contribution < -0.4 is 13.6 Å². The summed E-state index contributed by atoms with van der Waals surface area (Å²) in [6.45, 7) is 0. The maximum Gasteiger partial charge on any atom is 0.647 e. The minimum Gasteiger partial charge on any atom is -0.385 e. The van der Waals surface area contributed by atoms with Crippen LogP contribution in [0.4, 0.5) is 0 Å². The van der Waals surface area contributed by atoms with Gasteiger partial charge in [-0.25, -0.2) is 0 Å². The lowest BCUT2D eigenvalue weighted by atomic mass is 10.1. The van der Waals surface area contributed by atoms with Gasteiger partial charge < -0.3 is 13.6 Å². The summed E-state index contributed by atoms with van der Waals surface area (Å²) in [6, 6.07) is 44.0. The molecule has 0 spiro atoms. The highest BCUT2D eigenvalue weighted by Crippen LogP contribution is 2.53. The Bertz CT molecular complexity index is 1650. The van der Waals surface area contributed by atoms with Gasteiger partial charge in [-0.05, 0) is 34.5 Å².